The van der Waals surface area contributed by atoms with Gasteiger partial charge in [-0.1, -0.05) is 29.8 Å². The Morgan fingerprint density at radius 3 is 2.52 bits per heavy atom. The second-order valence-corrected chi connectivity index (χ2v) is 5.38. The minimum Gasteiger partial charge on any atom is -0.495 e. The molecular weight excluding hydrogens is 290 g/mol. The number of aromatic nitrogens is 2. The molecule has 3 aromatic rings. The van der Waals surface area contributed by atoms with Crippen LogP contribution in [0.15, 0.2) is 52.9 Å². The molecule has 0 saturated heterocycles. The van der Waals surface area contributed by atoms with Gasteiger partial charge in [0.1, 0.15) is 11.8 Å². The predicted octanol–water partition coefficient (Wildman–Crippen LogP) is 4.23. The molecule has 0 aliphatic carbocycles. The van der Waals surface area contributed by atoms with Gasteiger partial charge in [0, 0.05) is 5.56 Å². The highest BCUT2D eigenvalue weighted by Crippen LogP contribution is 2.28. The summed E-state index contributed by atoms with van der Waals surface area (Å²) in [5.41, 5.74) is 3.00. The van der Waals surface area contributed by atoms with Crippen molar-refractivity contribution in [2.75, 3.05) is 12.4 Å². The molecule has 2 aromatic carbocycles. The third kappa shape index (κ3) is 3.34. The first-order chi connectivity index (χ1) is 11.2. The Morgan fingerprint density at radius 2 is 1.78 bits per heavy atom. The first-order valence-corrected chi connectivity index (χ1v) is 7.47. The van der Waals surface area contributed by atoms with Crippen LogP contribution in [0.5, 0.6) is 5.75 Å². The lowest BCUT2D eigenvalue weighted by molar-refractivity contribution is 0.415. The van der Waals surface area contributed by atoms with Crippen molar-refractivity contribution in [3.63, 3.8) is 0 Å². The van der Waals surface area contributed by atoms with Gasteiger partial charge < -0.3 is 14.5 Å². The third-order valence-electron chi connectivity index (χ3n) is 3.59. The summed E-state index contributed by atoms with van der Waals surface area (Å²) in [6.45, 7) is 4.02. The number of ether oxygens (including phenoxy) is 1. The standard InChI is InChI=1S/C18H19N3O2/c1-12-8-10-14(11-9-12)18-21-20-17(23-18)13(2)19-15-6-4-5-7-16(15)22-3/h4-11,13,19H,1-3H3. The topological polar surface area (TPSA) is 60.2 Å². The molecule has 0 saturated carbocycles. The van der Waals surface area contributed by atoms with Gasteiger partial charge in [-0.05, 0) is 38.1 Å². The van der Waals surface area contributed by atoms with Crippen LogP contribution in [-0.2, 0) is 0 Å². The quantitative estimate of drug-likeness (QED) is 0.764. The van der Waals surface area contributed by atoms with E-state index in [0.29, 0.717) is 11.8 Å². The number of rotatable bonds is 5. The molecule has 1 N–H and O–H groups in total. The first kappa shape index (κ1) is 15.1. The molecular formula is C18H19N3O2. The number of methoxy groups -OCH3 is 1. The van der Waals surface area contributed by atoms with Crippen LogP contribution in [0.1, 0.15) is 24.4 Å². The van der Waals surface area contributed by atoms with Gasteiger partial charge in [0.05, 0.1) is 12.8 Å². The number of anilines is 1. The van der Waals surface area contributed by atoms with Gasteiger partial charge in [0.25, 0.3) is 0 Å². The van der Waals surface area contributed by atoms with E-state index in [2.05, 4.69) is 15.5 Å². The van der Waals surface area contributed by atoms with E-state index < -0.39 is 0 Å². The number of nitrogens with one attached hydrogen (secondary N) is 1. The summed E-state index contributed by atoms with van der Waals surface area (Å²) in [7, 11) is 1.65. The lowest BCUT2D eigenvalue weighted by Gasteiger charge is -2.14. The third-order valence-corrected chi connectivity index (χ3v) is 3.59. The lowest BCUT2D eigenvalue weighted by atomic mass is 10.1. The number of aryl methyl sites for hydroxylation is 1. The van der Waals surface area contributed by atoms with Gasteiger partial charge in [0.15, 0.2) is 0 Å². The first-order valence-electron chi connectivity index (χ1n) is 7.47. The van der Waals surface area contributed by atoms with E-state index in [-0.39, 0.29) is 6.04 Å². The number of benzene rings is 2. The van der Waals surface area contributed by atoms with E-state index in [1.54, 1.807) is 7.11 Å². The number of para-hydroxylation sites is 2. The molecule has 1 heterocycles. The second kappa shape index (κ2) is 6.52. The number of hydrogen-bond acceptors (Lipinski definition) is 5. The van der Waals surface area contributed by atoms with Crippen LogP contribution in [0.4, 0.5) is 5.69 Å². The Bertz CT molecular complexity index is 781. The van der Waals surface area contributed by atoms with E-state index in [1.807, 2.05) is 62.4 Å². The molecule has 5 heteroatoms. The maximum absolute atomic E-state index is 5.79. The molecule has 0 radical (unpaired) electrons. The summed E-state index contributed by atoms with van der Waals surface area (Å²) in [5.74, 6) is 1.83. The summed E-state index contributed by atoms with van der Waals surface area (Å²) in [5, 5.41) is 11.6. The smallest absolute Gasteiger partial charge is 0.247 e. The lowest BCUT2D eigenvalue weighted by Crippen LogP contribution is -2.08. The summed E-state index contributed by atoms with van der Waals surface area (Å²) in [4.78, 5) is 0. The molecule has 0 aliphatic rings. The molecule has 3 rings (SSSR count). The molecule has 0 aliphatic heterocycles. The van der Waals surface area contributed by atoms with Crippen molar-refractivity contribution in [1.82, 2.24) is 10.2 Å². The predicted molar refractivity (Wildman–Crippen MR) is 89.5 cm³/mol. The highest BCUT2D eigenvalue weighted by atomic mass is 16.5. The van der Waals surface area contributed by atoms with Gasteiger partial charge in [0.2, 0.25) is 11.8 Å². The summed E-state index contributed by atoms with van der Waals surface area (Å²) in [6.07, 6.45) is 0. The fourth-order valence-electron chi connectivity index (χ4n) is 2.28. The molecule has 0 fully saturated rings. The van der Waals surface area contributed by atoms with Crippen molar-refractivity contribution >= 4 is 5.69 Å². The van der Waals surface area contributed by atoms with Gasteiger partial charge in [-0.3, -0.25) is 0 Å². The minimum atomic E-state index is -0.127. The maximum atomic E-state index is 5.79. The zero-order chi connectivity index (χ0) is 16.2. The van der Waals surface area contributed by atoms with E-state index in [0.717, 1.165) is 17.0 Å². The average molecular weight is 309 g/mol. The molecule has 0 bridgehead atoms. The minimum absolute atomic E-state index is 0.127. The molecule has 1 unspecified atom stereocenters. The van der Waals surface area contributed by atoms with Crippen molar-refractivity contribution in [3.8, 4) is 17.2 Å². The largest absolute Gasteiger partial charge is 0.495 e. The average Bonchev–Trinajstić information content (AvgIpc) is 3.06. The fourth-order valence-corrected chi connectivity index (χ4v) is 2.28. The van der Waals surface area contributed by atoms with Crippen LogP contribution in [0.25, 0.3) is 11.5 Å². The number of nitrogens with zero attached hydrogens (tertiary/aromatic N) is 2. The summed E-state index contributed by atoms with van der Waals surface area (Å²) >= 11 is 0. The fraction of sp³-hybridized carbons (Fsp3) is 0.222. The van der Waals surface area contributed by atoms with E-state index in [1.165, 1.54) is 5.56 Å². The van der Waals surface area contributed by atoms with Gasteiger partial charge in [-0.2, -0.15) is 0 Å². The summed E-state index contributed by atoms with van der Waals surface area (Å²) in [6, 6.07) is 15.6. The molecule has 0 spiro atoms. The zero-order valence-electron chi connectivity index (χ0n) is 13.4. The SMILES string of the molecule is COc1ccccc1NC(C)c1nnc(-c2ccc(C)cc2)o1. The Kier molecular flexibility index (Phi) is 4.28. The van der Waals surface area contributed by atoms with E-state index in [4.69, 9.17) is 9.15 Å². The Labute approximate surface area is 135 Å². The van der Waals surface area contributed by atoms with Crippen LogP contribution in [0.2, 0.25) is 0 Å². The van der Waals surface area contributed by atoms with Gasteiger partial charge in [-0.15, -0.1) is 10.2 Å². The molecule has 118 valence electrons. The summed E-state index contributed by atoms with van der Waals surface area (Å²) < 4.78 is 11.1. The van der Waals surface area contributed by atoms with Crippen molar-refractivity contribution in [3.05, 3.63) is 60.0 Å². The number of hydrogen-bond donors (Lipinski definition) is 1. The maximum Gasteiger partial charge on any atom is 0.247 e. The van der Waals surface area contributed by atoms with Crippen molar-refractivity contribution < 1.29 is 9.15 Å². The van der Waals surface area contributed by atoms with E-state index in [9.17, 15) is 0 Å². The van der Waals surface area contributed by atoms with Crippen molar-refractivity contribution in [2.24, 2.45) is 0 Å². The molecule has 1 atom stereocenters. The molecule has 1 aromatic heterocycles. The van der Waals surface area contributed by atoms with Crippen LogP contribution < -0.4 is 10.1 Å². The van der Waals surface area contributed by atoms with Crippen LogP contribution in [0, 0.1) is 6.92 Å². The van der Waals surface area contributed by atoms with Crippen LogP contribution in [-0.4, -0.2) is 17.3 Å². The normalized spacial score (nSPS) is 12.0. The van der Waals surface area contributed by atoms with Crippen LogP contribution in [0.3, 0.4) is 0 Å². The Morgan fingerprint density at radius 1 is 1.04 bits per heavy atom. The van der Waals surface area contributed by atoms with Gasteiger partial charge >= 0.3 is 0 Å². The molecule has 0 amide bonds. The molecule has 5 nitrogen and oxygen atoms in total. The Balaban J connectivity index is 1.78. The highest BCUT2D eigenvalue weighted by Gasteiger charge is 2.16. The molecule has 23 heavy (non-hydrogen) atoms. The second-order valence-electron chi connectivity index (χ2n) is 5.38. The van der Waals surface area contributed by atoms with Gasteiger partial charge in [-0.25, -0.2) is 0 Å². The zero-order valence-corrected chi connectivity index (χ0v) is 13.4. The van der Waals surface area contributed by atoms with E-state index >= 15 is 0 Å². The van der Waals surface area contributed by atoms with Crippen molar-refractivity contribution in [1.29, 1.82) is 0 Å². The van der Waals surface area contributed by atoms with Crippen molar-refractivity contribution in [2.45, 2.75) is 19.9 Å². The van der Waals surface area contributed by atoms with Crippen LogP contribution >= 0.6 is 0 Å². The monoisotopic (exact) mass is 309 g/mol. The highest BCUT2D eigenvalue weighted by molar-refractivity contribution is 5.57. The Hall–Kier alpha value is -2.82.